The molecule has 0 bridgehead atoms. The molecule has 0 aromatic carbocycles. The smallest absolute Gasteiger partial charge is 0.243 e. The number of hydrogen-bond acceptors (Lipinski definition) is 4. The van der Waals surface area contributed by atoms with Gasteiger partial charge in [0.1, 0.15) is 0 Å². The van der Waals surface area contributed by atoms with Gasteiger partial charge in [0.25, 0.3) is 0 Å². The van der Waals surface area contributed by atoms with Crippen LogP contribution in [-0.4, -0.2) is 36.4 Å². The summed E-state index contributed by atoms with van der Waals surface area (Å²) < 4.78 is 0. The van der Waals surface area contributed by atoms with E-state index < -0.39 is 0 Å². The number of carbonyl (C=O) groups excluding carboxylic acids is 2. The van der Waals surface area contributed by atoms with Crippen molar-refractivity contribution >= 4 is 33.4 Å². The predicted molar refractivity (Wildman–Crippen MR) is 163 cm³/mol. The molecule has 4 nitrogen and oxygen atoms in total. The largest absolute Gasteiger partial charge is 0.355 e. The molecule has 2 N–H and O–H groups in total. The topological polar surface area (TPSA) is 58.2 Å². The fourth-order valence-electron chi connectivity index (χ4n) is 2.72. The predicted octanol–water partition coefficient (Wildman–Crippen LogP) is 7.65. The minimum Gasteiger partial charge on any atom is -0.355 e. The van der Waals surface area contributed by atoms with Gasteiger partial charge in [-0.25, -0.2) is 0 Å². The minimum atomic E-state index is -0.0535. The van der Waals surface area contributed by atoms with Crippen LogP contribution in [0.1, 0.15) is 65.2 Å². The van der Waals surface area contributed by atoms with Gasteiger partial charge in [0, 0.05) is 31.0 Å². The molecule has 0 aliphatic rings. The van der Waals surface area contributed by atoms with Crippen LogP contribution in [-0.2, 0) is 9.59 Å². The Hall–Kier alpha value is -2.18. The van der Waals surface area contributed by atoms with Crippen molar-refractivity contribution in [3.63, 3.8) is 0 Å². The maximum Gasteiger partial charge on any atom is 0.243 e. The Morgan fingerprint density at radius 1 is 0.639 bits per heavy atom. The van der Waals surface area contributed by atoms with E-state index in [1.54, 1.807) is 27.7 Å². The maximum absolute atomic E-state index is 11.9. The Labute approximate surface area is 228 Å². The van der Waals surface area contributed by atoms with Gasteiger partial charge in [-0.15, -0.1) is 0 Å². The van der Waals surface area contributed by atoms with Gasteiger partial charge >= 0.3 is 0 Å². The third-order valence-corrected chi connectivity index (χ3v) is 6.94. The number of allylic oxidation sites excluding steroid dienone is 13. The molecule has 0 aromatic heterocycles. The zero-order chi connectivity index (χ0) is 26.4. The van der Waals surface area contributed by atoms with E-state index >= 15 is 0 Å². The highest BCUT2D eigenvalue weighted by atomic mass is 33.1. The number of carbonyl (C=O) groups is 2. The molecule has 0 saturated carbocycles. The summed E-state index contributed by atoms with van der Waals surface area (Å²) in [6.45, 7) is 5.30. The van der Waals surface area contributed by atoms with Crippen molar-refractivity contribution in [3.05, 3.63) is 85.1 Å². The van der Waals surface area contributed by atoms with Crippen molar-refractivity contribution in [3.8, 4) is 0 Å². The first-order chi connectivity index (χ1) is 17.7. The van der Waals surface area contributed by atoms with E-state index in [9.17, 15) is 9.59 Å². The Balaban J connectivity index is 3.53. The van der Waals surface area contributed by atoms with E-state index in [1.165, 1.54) is 6.08 Å². The lowest BCUT2D eigenvalue weighted by Gasteiger charge is -2.04. The van der Waals surface area contributed by atoms with E-state index in [4.69, 9.17) is 0 Å². The van der Waals surface area contributed by atoms with Crippen molar-refractivity contribution in [1.82, 2.24) is 10.6 Å². The lowest BCUT2D eigenvalue weighted by molar-refractivity contribution is -0.121. The van der Waals surface area contributed by atoms with Crippen LogP contribution in [0, 0.1) is 0 Å². The van der Waals surface area contributed by atoms with Crippen LogP contribution in [0.5, 0.6) is 0 Å². The fraction of sp³-hybridized carbons (Fsp3) is 0.467. The number of amides is 2. The molecule has 200 valence electrons. The lowest BCUT2D eigenvalue weighted by Crippen LogP contribution is -2.25. The maximum atomic E-state index is 11.9. The second-order valence-corrected chi connectivity index (χ2v) is 10.4. The highest BCUT2D eigenvalue weighted by Gasteiger charge is 1.99. The molecule has 0 fully saturated rings. The molecular formula is C30H46N2O2S2. The van der Waals surface area contributed by atoms with Gasteiger partial charge < -0.3 is 10.6 Å². The van der Waals surface area contributed by atoms with Gasteiger partial charge in [-0.1, -0.05) is 107 Å². The number of nitrogens with one attached hydrogen (secondary N) is 2. The van der Waals surface area contributed by atoms with Gasteiger partial charge in [-0.3, -0.25) is 9.59 Å². The van der Waals surface area contributed by atoms with Crippen LogP contribution >= 0.6 is 21.6 Å². The molecular weight excluding hydrogens is 484 g/mol. The van der Waals surface area contributed by atoms with Crippen LogP contribution in [0.4, 0.5) is 0 Å². The van der Waals surface area contributed by atoms with Gasteiger partial charge in [0.15, 0.2) is 0 Å². The van der Waals surface area contributed by atoms with Gasteiger partial charge in [-0.2, -0.15) is 0 Å². The summed E-state index contributed by atoms with van der Waals surface area (Å²) in [5.74, 6) is 1.75. The molecule has 0 heterocycles. The summed E-state index contributed by atoms with van der Waals surface area (Å²) in [6.07, 6.45) is 36.7. The van der Waals surface area contributed by atoms with Crippen molar-refractivity contribution in [2.75, 3.05) is 24.6 Å². The zero-order valence-electron chi connectivity index (χ0n) is 22.2. The molecule has 0 saturated heterocycles. The summed E-state index contributed by atoms with van der Waals surface area (Å²) in [5, 5.41) is 5.76. The summed E-state index contributed by atoms with van der Waals surface area (Å²) in [4.78, 5) is 23.1. The SMILES string of the molecule is CC=CC(=O)NCCSSCCNC(=O)CCC=CCC=CCC=CCC=CCC=CCC=CCC. The van der Waals surface area contributed by atoms with E-state index in [0.717, 1.165) is 56.5 Å². The first kappa shape index (κ1) is 33.8. The molecule has 0 radical (unpaired) electrons. The molecule has 0 spiro atoms. The van der Waals surface area contributed by atoms with Crippen molar-refractivity contribution in [2.24, 2.45) is 0 Å². The first-order valence-corrected chi connectivity index (χ1v) is 15.5. The molecule has 2 amide bonds. The molecule has 6 heteroatoms. The van der Waals surface area contributed by atoms with E-state index in [1.807, 2.05) is 6.92 Å². The third kappa shape index (κ3) is 28.1. The molecule has 0 aliphatic heterocycles. The van der Waals surface area contributed by atoms with E-state index in [2.05, 4.69) is 90.5 Å². The lowest BCUT2D eigenvalue weighted by atomic mass is 10.2. The second-order valence-electron chi connectivity index (χ2n) is 7.74. The Morgan fingerprint density at radius 3 is 1.56 bits per heavy atom. The van der Waals surface area contributed by atoms with Crippen LogP contribution in [0.3, 0.4) is 0 Å². The minimum absolute atomic E-state index is 0.0535. The van der Waals surface area contributed by atoms with Crippen molar-refractivity contribution < 1.29 is 9.59 Å². The van der Waals surface area contributed by atoms with Crippen LogP contribution in [0.15, 0.2) is 85.1 Å². The molecule has 36 heavy (non-hydrogen) atoms. The summed E-state index contributed by atoms with van der Waals surface area (Å²) in [5.41, 5.74) is 0. The van der Waals surface area contributed by atoms with Crippen LogP contribution in [0.25, 0.3) is 0 Å². The van der Waals surface area contributed by atoms with Crippen LogP contribution < -0.4 is 10.6 Å². The molecule has 0 aliphatic carbocycles. The third-order valence-electron chi connectivity index (χ3n) is 4.53. The highest BCUT2D eigenvalue weighted by Crippen LogP contribution is 2.19. The van der Waals surface area contributed by atoms with Gasteiger partial charge in [-0.05, 0) is 57.9 Å². The summed E-state index contributed by atoms with van der Waals surface area (Å²) in [7, 11) is 3.42. The molecule has 0 aromatic rings. The van der Waals surface area contributed by atoms with Crippen molar-refractivity contribution in [1.29, 1.82) is 0 Å². The normalized spacial score (nSPS) is 12.6. The average Bonchev–Trinajstić information content (AvgIpc) is 2.87. The zero-order valence-corrected chi connectivity index (χ0v) is 23.8. The Morgan fingerprint density at radius 2 is 1.08 bits per heavy atom. The van der Waals surface area contributed by atoms with Gasteiger partial charge in [0.2, 0.25) is 11.8 Å². The Kier molecular flexibility index (Phi) is 27.3. The quantitative estimate of drug-likeness (QED) is 0.0653. The van der Waals surface area contributed by atoms with Crippen LogP contribution in [0.2, 0.25) is 0 Å². The monoisotopic (exact) mass is 530 g/mol. The second kappa shape index (κ2) is 29.1. The van der Waals surface area contributed by atoms with E-state index in [0.29, 0.717) is 19.5 Å². The summed E-state index contributed by atoms with van der Waals surface area (Å²) >= 11 is 0. The number of hydrogen-bond donors (Lipinski definition) is 2. The van der Waals surface area contributed by atoms with E-state index in [-0.39, 0.29) is 11.8 Å². The molecule has 0 atom stereocenters. The van der Waals surface area contributed by atoms with Crippen molar-refractivity contribution in [2.45, 2.75) is 65.2 Å². The Bertz CT molecular complexity index is 750. The van der Waals surface area contributed by atoms with Gasteiger partial charge in [0.05, 0.1) is 0 Å². The molecule has 0 rings (SSSR count). The highest BCUT2D eigenvalue weighted by molar-refractivity contribution is 8.76. The number of rotatable bonds is 22. The fourth-order valence-corrected chi connectivity index (χ4v) is 4.53. The summed E-state index contributed by atoms with van der Waals surface area (Å²) in [6, 6.07) is 0. The standard InChI is InChI=1S/C30H46N2O2S2/c1-3-5-6-7-8-9-10-11-12-13-14-15-16-17-18-19-20-21-22-24-30(34)32-26-28-36-35-27-25-31-29(33)23-4-2/h4-6,8-9,11-12,14-15,17-18,20-21,23H,3,7,10,13,16,19,22,24-28H2,1-2H3,(H,31,33)(H,32,34). The first-order valence-electron chi connectivity index (χ1n) is 13.0. The molecule has 0 unspecified atom stereocenters. The average molecular weight is 531 g/mol.